The van der Waals surface area contributed by atoms with Crippen molar-refractivity contribution in [3.8, 4) is 11.8 Å². The van der Waals surface area contributed by atoms with E-state index in [1.54, 1.807) is 6.92 Å². The molecular formula is C10H9BrO. The Morgan fingerprint density at radius 3 is 2.42 bits per heavy atom. The lowest BCUT2D eigenvalue weighted by Crippen LogP contribution is -1.92. The van der Waals surface area contributed by atoms with E-state index < -0.39 is 6.10 Å². The third-order valence-electron chi connectivity index (χ3n) is 1.27. The minimum atomic E-state index is -0.561. The molecule has 2 heteroatoms. The third-order valence-corrected chi connectivity index (χ3v) is 1.80. The van der Waals surface area contributed by atoms with Crippen LogP contribution in [0.15, 0.2) is 28.7 Å². The fourth-order valence-electron chi connectivity index (χ4n) is 0.721. The first-order chi connectivity index (χ1) is 5.68. The molecule has 0 heterocycles. The molecule has 0 aliphatic rings. The van der Waals surface area contributed by atoms with Crippen molar-refractivity contribution in [3.05, 3.63) is 34.3 Å². The molecule has 0 bridgehead atoms. The highest BCUT2D eigenvalue weighted by atomic mass is 79.9. The molecule has 0 spiro atoms. The maximum atomic E-state index is 8.89. The van der Waals surface area contributed by atoms with Crippen LogP contribution in [0.25, 0.3) is 0 Å². The topological polar surface area (TPSA) is 20.2 Å². The molecule has 0 radical (unpaired) electrons. The number of aliphatic hydroxyl groups excluding tert-OH is 1. The van der Waals surface area contributed by atoms with Gasteiger partial charge in [-0.05, 0) is 31.2 Å². The van der Waals surface area contributed by atoms with Crippen LogP contribution in [0.2, 0.25) is 0 Å². The molecule has 1 rings (SSSR count). The van der Waals surface area contributed by atoms with E-state index in [0.717, 1.165) is 10.0 Å². The Morgan fingerprint density at radius 2 is 1.92 bits per heavy atom. The van der Waals surface area contributed by atoms with E-state index in [0.29, 0.717) is 0 Å². The van der Waals surface area contributed by atoms with Gasteiger partial charge >= 0.3 is 0 Å². The second kappa shape index (κ2) is 4.30. The Hall–Kier alpha value is -0.780. The number of benzene rings is 1. The number of hydrogen-bond donors (Lipinski definition) is 1. The van der Waals surface area contributed by atoms with E-state index in [1.807, 2.05) is 24.3 Å². The lowest BCUT2D eigenvalue weighted by Gasteiger charge is -1.91. The summed E-state index contributed by atoms with van der Waals surface area (Å²) in [7, 11) is 0. The molecule has 0 aromatic heterocycles. The monoisotopic (exact) mass is 224 g/mol. The Balaban J connectivity index is 2.79. The number of rotatable bonds is 0. The summed E-state index contributed by atoms with van der Waals surface area (Å²) in [6.45, 7) is 1.64. The first-order valence-corrected chi connectivity index (χ1v) is 4.43. The van der Waals surface area contributed by atoms with Crippen LogP contribution in [-0.4, -0.2) is 11.2 Å². The van der Waals surface area contributed by atoms with Crippen molar-refractivity contribution in [2.45, 2.75) is 13.0 Å². The summed E-state index contributed by atoms with van der Waals surface area (Å²) >= 11 is 3.33. The van der Waals surface area contributed by atoms with Crippen LogP contribution in [0.5, 0.6) is 0 Å². The maximum Gasteiger partial charge on any atom is 0.112 e. The summed E-state index contributed by atoms with van der Waals surface area (Å²) in [6, 6.07) is 7.65. The quantitative estimate of drug-likeness (QED) is 0.671. The van der Waals surface area contributed by atoms with Crippen molar-refractivity contribution in [2.75, 3.05) is 0 Å². The van der Waals surface area contributed by atoms with Crippen LogP contribution in [0.1, 0.15) is 12.5 Å². The predicted molar refractivity (Wildman–Crippen MR) is 52.7 cm³/mol. The molecule has 0 amide bonds. The fraction of sp³-hybridized carbons (Fsp3) is 0.200. The molecule has 0 saturated carbocycles. The van der Waals surface area contributed by atoms with Gasteiger partial charge in [0, 0.05) is 10.0 Å². The second-order valence-electron chi connectivity index (χ2n) is 2.45. The van der Waals surface area contributed by atoms with Gasteiger partial charge in [0.25, 0.3) is 0 Å². The van der Waals surface area contributed by atoms with Crippen LogP contribution in [0.4, 0.5) is 0 Å². The highest BCUT2D eigenvalue weighted by molar-refractivity contribution is 9.10. The molecule has 1 N–H and O–H groups in total. The number of halogens is 1. The SMILES string of the molecule is C[C@H](O)C#Cc1ccc(Br)cc1. The van der Waals surface area contributed by atoms with Gasteiger partial charge in [-0.3, -0.25) is 0 Å². The molecule has 1 aromatic carbocycles. The van der Waals surface area contributed by atoms with Gasteiger partial charge in [-0.15, -0.1) is 0 Å². The molecule has 0 aliphatic heterocycles. The van der Waals surface area contributed by atoms with Crippen LogP contribution in [0, 0.1) is 11.8 Å². The smallest absolute Gasteiger partial charge is 0.112 e. The molecule has 0 unspecified atom stereocenters. The van der Waals surface area contributed by atoms with E-state index in [-0.39, 0.29) is 0 Å². The summed E-state index contributed by atoms with van der Waals surface area (Å²) in [4.78, 5) is 0. The molecule has 62 valence electrons. The van der Waals surface area contributed by atoms with Crippen molar-refractivity contribution >= 4 is 15.9 Å². The van der Waals surface area contributed by atoms with Crippen molar-refractivity contribution in [1.29, 1.82) is 0 Å². The molecule has 0 fully saturated rings. The zero-order valence-corrected chi connectivity index (χ0v) is 8.30. The summed E-state index contributed by atoms with van der Waals surface area (Å²) < 4.78 is 1.03. The van der Waals surface area contributed by atoms with Gasteiger partial charge in [-0.25, -0.2) is 0 Å². The van der Waals surface area contributed by atoms with Gasteiger partial charge in [0.15, 0.2) is 0 Å². The molecule has 1 atom stereocenters. The van der Waals surface area contributed by atoms with Gasteiger partial charge in [0.1, 0.15) is 6.10 Å². The van der Waals surface area contributed by atoms with Crippen molar-refractivity contribution in [1.82, 2.24) is 0 Å². The zero-order chi connectivity index (χ0) is 8.97. The molecule has 1 nitrogen and oxygen atoms in total. The zero-order valence-electron chi connectivity index (χ0n) is 6.71. The van der Waals surface area contributed by atoms with Crippen LogP contribution in [0.3, 0.4) is 0 Å². The normalized spacial score (nSPS) is 11.6. The lowest BCUT2D eigenvalue weighted by atomic mass is 10.2. The second-order valence-corrected chi connectivity index (χ2v) is 3.37. The lowest BCUT2D eigenvalue weighted by molar-refractivity contribution is 0.253. The Morgan fingerprint density at radius 1 is 1.33 bits per heavy atom. The van der Waals surface area contributed by atoms with Crippen molar-refractivity contribution in [2.24, 2.45) is 0 Å². The van der Waals surface area contributed by atoms with E-state index in [1.165, 1.54) is 0 Å². The summed E-state index contributed by atoms with van der Waals surface area (Å²) in [5.41, 5.74) is 0.916. The summed E-state index contributed by atoms with van der Waals surface area (Å²) in [5, 5.41) is 8.89. The van der Waals surface area contributed by atoms with Crippen LogP contribution in [-0.2, 0) is 0 Å². The van der Waals surface area contributed by atoms with Gasteiger partial charge in [-0.1, -0.05) is 27.8 Å². The van der Waals surface area contributed by atoms with E-state index >= 15 is 0 Å². The summed E-state index contributed by atoms with van der Waals surface area (Å²) in [5.74, 6) is 5.52. The average Bonchev–Trinajstić information content (AvgIpc) is 2.03. The summed E-state index contributed by atoms with van der Waals surface area (Å²) in [6.07, 6.45) is -0.561. The highest BCUT2D eigenvalue weighted by Gasteiger charge is 1.87. The Bertz CT molecular complexity index is 303. The number of aliphatic hydroxyl groups is 1. The van der Waals surface area contributed by atoms with Crippen molar-refractivity contribution < 1.29 is 5.11 Å². The largest absolute Gasteiger partial charge is 0.381 e. The Kier molecular flexibility index (Phi) is 3.33. The van der Waals surface area contributed by atoms with Crippen LogP contribution < -0.4 is 0 Å². The van der Waals surface area contributed by atoms with Gasteiger partial charge in [0.05, 0.1) is 0 Å². The molecule has 0 aliphatic carbocycles. The minimum Gasteiger partial charge on any atom is -0.381 e. The molecular weight excluding hydrogens is 216 g/mol. The first kappa shape index (κ1) is 9.31. The molecule has 0 saturated heterocycles. The van der Waals surface area contributed by atoms with E-state index in [4.69, 9.17) is 5.11 Å². The average molecular weight is 225 g/mol. The molecule has 12 heavy (non-hydrogen) atoms. The maximum absolute atomic E-state index is 8.89. The van der Waals surface area contributed by atoms with Gasteiger partial charge in [-0.2, -0.15) is 0 Å². The highest BCUT2D eigenvalue weighted by Crippen LogP contribution is 2.09. The predicted octanol–water partition coefficient (Wildman–Crippen LogP) is 2.18. The first-order valence-electron chi connectivity index (χ1n) is 3.63. The fourth-order valence-corrected chi connectivity index (χ4v) is 0.985. The van der Waals surface area contributed by atoms with Gasteiger partial charge in [0.2, 0.25) is 0 Å². The van der Waals surface area contributed by atoms with Crippen LogP contribution >= 0.6 is 15.9 Å². The third kappa shape index (κ3) is 3.08. The van der Waals surface area contributed by atoms with E-state index in [2.05, 4.69) is 27.8 Å². The molecule has 1 aromatic rings. The minimum absolute atomic E-state index is 0.561. The van der Waals surface area contributed by atoms with Crippen molar-refractivity contribution in [3.63, 3.8) is 0 Å². The Labute approximate surface area is 80.6 Å². The standard InChI is InChI=1S/C10H9BrO/c1-8(12)2-3-9-4-6-10(11)7-5-9/h4-8,12H,1H3/t8-/m0/s1. The van der Waals surface area contributed by atoms with E-state index in [9.17, 15) is 0 Å². The van der Waals surface area contributed by atoms with Gasteiger partial charge < -0.3 is 5.11 Å². The number of hydrogen-bond acceptors (Lipinski definition) is 1.